The van der Waals surface area contributed by atoms with E-state index in [1.54, 1.807) is 18.5 Å². The number of benzene rings is 2. The first-order valence-corrected chi connectivity index (χ1v) is 13.3. The number of hydrogen-bond acceptors (Lipinski definition) is 7. The fourth-order valence-electron chi connectivity index (χ4n) is 4.75. The van der Waals surface area contributed by atoms with Gasteiger partial charge in [-0.25, -0.2) is 19.7 Å². The van der Waals surface area contributed by atoms with Crippen molar-refractivity contribution in [2.75, 3.05) is 23.7 Å². The third-order valence-electron chi connectivity index (χ3n) is 6.92. The topological polar surface area (TPSA) is 130 Å². The summed E-state index contributed by atoms with van der Waals surface area (Å²) in [5.41, 5.74) is 2.94. The Labute approximate surface area is 232 Å². The lowest BCUT2D eigenvalue weighted by Crippen LogP contribution is -2.44. The molecule has 1 fully saturated rings. The van der Waals surface area contributed by atoms with Crippen molar-refractivity contribution in [1.29, 1.82) is 0 Å². The molecular weight excluding hydrogens is 508 g/mol. The smallest absolute Gasteiger partial charge is 0.407 e. The second kappa shape index (κ2) is 11.6. The van der Waals surface area contributed by atoms with E-state index in [0.29, 0.717) is 41.9 Å². The molecule has 10 heteroatoms. The van der Waals surface area contributed by atoms with Gasteiger partial charge in [-0.05, 0) is 49.6 Å². The molecule has 1 saturated heterocycles. The number of pyridine rings is 1. The van der Waals surface area contributed by atoms with Gasteiger partial charge in [-0.1, -0.05) is 38.1 Å². The van der Waals surface area contributed by atoms with E-state index in [-0.39, 0.29) is 17.9 Å². The number of anilines is 2. The van der Waals surface area contributed by atoms with E-state index in [9.17, 15) is 14.7 Å². The number of carboxylic acid groups (broad SMARTS) is 1. The zero-order valence-corrected chi connectivity index (χ0v) is 22.7. The standard InChI is InChI=1S/C30H32N6O4/c1-18(2)27(37)34-24-10-4-8-22-21(24)12-11-19(3)26(22)40-28-23(9-5-14-31-28)25-13-15-32-29(35-25)33-20-7-6-16-36(17-20)30(38)39/h4-5,8-15,18,20H,6-7,16-17H2,1-3H3,(H,34,37)(H,38,39)(H,32,33,35)/t20-/m0/s1. The number of rotatable bonds is 7. The minimum atomic E-state index is -0.920. The molecule has 2 aromatic heterocycles. The van der Waals surface area contributed by atoms with Gasteiger partial charge in [0, 0.05) is 53.9 Å². The monoisotopic (exact) mass is 540 g/mol. The summed E-state index contributed by atoms with van der Waals surface area (Å²) < 4.78 is 6.47. The van der Waals surface area contributed by atoms with Gasteiger partial charge in [0.05, 0.1) is 11.3 Å². The second-order valence-corrected chi connectivity index (χ2v) is 10.2. The lowest BCUT2D eigenvalue weighted by Gasteiger charge is -2.31. The number of amides is 2. The van der Waals surface area contributed by atoms with Gasteiger partial charge in [-0.2, -0.15) is 0 Å². The van der Waals surface area contributed by atoms with Crippen LogP contribution in [0.2, 0.25) is 0 Å². The van der Waals surface area contributed by atoms with E-state index < -0.39 is 6.09 Å². The minimum Gasteiger partial charge on any atom is -0.465 e. The van der Waals surface area contributed by atoms with Crippen molar-refractivity contribution in [2.45, 2.75) is 39.7 Å². The van der Waals surface area contributed by atoms with Crippen LogP contribution in [0.15, 0.2) is 60.9 Å². The van der Waals surface area contributed by atoms with Gasteiger partial charge in [0.15, 0.2) is 0 Å². The molecular formula is C30H32N6O4. The van der Waals surface area contributed by atoms with Crippen LogP contribution in [0.4, 0.5) is 16.4 Å². The van der Waals surface area contributed by atoms with Crippen LogP contribution in [0.3, 0.4) is 0 Å². The Hall–Kier alpha value is -4.73. The molecule has 206 valence electrons. The van der Waals surface area contributed by atoms with E-state index in [4.69, 9.17) is 9.72 Å². The van der Waals surface area contributed by atoms with Crippen molar-refractivity contribution in [3.05, 3.63) is 66.5 Å². The quantitative estimate of drug-likeness (QED) is 0.263. The lowest BCUT2D eigenvalue weighted by atomic mass is 10.0. The lowest BCUT2D eigenvalue weighted by molar-refractivity contribution is -0.118. The number of ether oxygens (including phenoxy) is 1. The summed E-state index contributed by atoms with van der Waals surface area (Å²) in [5, 5.41) is 17.4. The van der Waals surface area contributed by atoms with Crippen LogP contribution in [0.5, 0.6) is 11.6 Å². The first-order chi connectivity index (χ1) is 19.3. The van der Waals surface area contributed by atoms with Crippen molar-refractivity contribution >= 4 is 34.4 Å². The predicted molar refractivity (Wildman–Crippen MR) is 154 cm³/mol. The first-order valence-electron chi connectivity index (χ1n) is 13.3. The Morgan fingerprint density at radius 1 is 1.05 bits per heavy atom. The highest BCUT2D eigenvalue weighted by Crippen LogP contribution is 2.38. The number of nitrogens with one attached hydrogen (secondary N) is 2. The number of nitrogens with zero attached hydrogens (tertiary/aromatic N) is 4. The molecule has 0 spiro atoms. The van der Waals surface area contributed by atoms with Gasteiger partial charge >= 0.3 is 6.09 Å². The van der Waals surface area contributed by atoms with Crippen molar-refractivity contribution in [3.63, 3.8) is 0 Å². The Morgan fingerprint density at radius 3 is 2.70 bits per heavy atom. The van der Waals surface area contributed by atoms with Crippen LogP contribution in [-0.4, -0.2) is 56.1 Å². The zero-order valence-electron chi connectivity index (χ0n) is 22.7. The molecule has 5 rings (SSSR count). The Morgan fingerprint density at radius 2 is 1.90 bits per heavy atom. The number of carbonyl (C=O) groups is 2. The molecule has 3 heterocycles. The maximum absolute atomic E-state index is 12.4. The molecule has 0 unspecified atom stereocenters. The van der Waals surface area contributed by atoms with Crippen molar-refractivity contribution in [3.8, 4) is 22.9 Å². The fourth-order valence-corrected chi connectivity index (χ4v) is 4.75. The molecule has 2 amide bonds. The molecule has 0 aliphatic carbocycles. The number of fused-ring (bicyclic) bond motifs is 1. The molecule has 4 aromatic rings. The van der Waals surface area contributed by atoms with E-state index in [2.05, 4.69) is 20.6 Å². The fraction of sp³-hybridized carbons (Fsp3) is 0.300. The zero-order chi connectivity index (χ0) is 28.2. The van der Waals surface area contributed by atoms with Crippen LogP contribution in [-0.2, 0) is 4.79 Å². The van der Waals surface area contributed by atoms with Gasteiger partial charge in [0.2, 0.25) is 17.7 Å². The van der Waals surface area contributed by atoms with E-state index >= 15 is 0 Å². The van der Waals surface area contributed by atoms with Gasteiger partial charge in [-0.3, -0.25) is 4.79 Å². The second-order valence-electron chi connectivity index (χ2n) is 10.2. The Bertz CT molecular complexity index is 1560. The average molecular weight is 541 g/mol. The summed E-state index contributed by atoms with van der Waals surface area (Å²) in [6.45, 7) is 6.59. The van der Waals surface area contributed by atoms with E-state index in [1.807, 2.05) is 63.2 Å². The number of carbonyl (C=O) groups excluding carboxylic acids is 1. The number of hydrogen-bond donors (Lipinski definition) is 3. The van der Waals surface area contributed by atoms with Gasteiger partial charge < -0.3 is 25.4 Å². The van der Waals surface area contributed by atoms with Crippen LogP contribution >= 0.6 is 0 Å². The molecule has 1 aliphatic heterocycles. The Kier molecular flexibility index (Phi) is 7.77. The van der Waals surface area contributed by atoms with Gasteiger partial charge in [0.25, 0.3) is 0 Å². The highest BCUT2D eigenvalue weighted by atomic mass is 16.5. The SMILES string of the molecule is Cc1ccc2c(NC(=O)C(C)C)cccc2c1Oc1ncccc1-c1ccnc(N[C@H]2CCCN(C(=O)O)C2)n1. The van der Waals surface area contributed by atoms with Gasteiger partial charge in [-0.15, -0.1) is 0 Å². The molecule has 0 bridgehead atoms. The van der Waals surface area contributed by atoms with E-state index in [0.717, 1.165) is 34.9 Å². The maximum atomic E-state index is 12.4. The van der Waals surface area contributed by atoms with Crippen molar-refractivity contribution < 1.29 is 19.4 Å². The summed E-state index contributed by atoms with van der Waals surface area (Å²) in [7, 11) is 0. The molecule has 40 heavy (non-hydrogen) atoms. The molecule has 2 aromatic carbocycles. The summed E-state index contributed by atoms with van der Waals surface area (Å²) >= 11 is 0. The number of aromatic nitrogens is 3. The average Bonchev–Trinajstić information content (AvgIpc) is 2.95. The first kappa shape index (κ1) is 26.9. The van der Waals surface area contributed by atoms with Crippen LogP contribution in [0.1, 0.15) is 32.3 Å². The molecule has 0 radical (unpaired) electrons. The number of piperidine rings is 1. The molecule has 1 aliphatic rings. The van der Waals surface area contributed by atoms with Crippen LogP contribution in [0, 0.1) is 12.8 Å². The maximum Gasteiger partial charge on any atom is 0.407 e. The van der Waals surface area contributed by atoms with Crippen molar-refractivity contribution in [1.82, 2.24) is 19.9 Å². The third-order valence-corrected chi connectivity index (χ3v) is 6.92. The Balaban J connectivity index is 1.45. The highest BCUT2D eigenvalue weighted by molar-refractivity contribution is 6.05. The van der Waals surface area contributed by atoms with E-state index in [1.165, 1.54) is 4.90 Å². The summed E-state index contributed by atoms with van der Waals surface area (Å²) in [6.07, 6.45) is 4.01. The summed E-state index contributed by atoms with van der Waals surface area (Å²) in [4.78, 5) is 38.8. The summed E-state index contributed by atoms with van der Waals surface area (Å²) in [6, 6.07) is 15.1. The van der Waals surface area contributed by atoms with Gasteiger partial charge in [0.1, 0.15) is 5.75 Å². The number of aryl methyl sites for hydroxylation is 1. The third kappa shape index (κ3) is 5.80. The highest BCUT2D eigenvalue weighted by Gasteiger charge is 2.24. The summed E-state index contributed by atoms with van der Waals surface area (Å²) in [5.74, 6) is 1.24. The molecule has 10 nitrogen and oxygen atoms in total. The predicted octanol–water partition coefficient (Wildman–Crippen LogP) is 5.94. The van der Waals surface area contributed by atoms with Crippen LogP contribution in [0.25, 0.3) is 22.0 Å². The number of likely N-dealkylation sites (tertiary alicyclic amines) is 1. The molecule has 0 saturated carbocycles. The van der Waals surface area contributed by atoms with Crippen molar-refractivity contribution in [2.24, 2.45) is 5.92 Å². The largest absolute Gasteiger partial charge is 0.465 e. The minimum absolute atomic E-state index is 0.0559. The normalized spacial score (nSPS) is 15.2. The van der Waals surface area contributed by atoms with Crippen LogP contribution < -0.4 is 15.4 Å². The molecule has 1 atom stereocenters. The molecule has 3 N–H and O–H groups in total.